The van der Waals surface area contributed by atoms with Gasteiger partial charge >= 0.3 is 0 Å². The molecule has 1 aromatic carbocycles. The van der Waals surface area contributed by atoms with Crippen LogP contribution < -0.4 is 10.5 Å². The monoisotopic (exact) mass is 206 g/mol. The molecule has 1 aromatic rings. The van der Waals surface area contributed by atoms with E-state index in [-0.39, 0.29) is 11.9 Å². The Labute approximate surface area is 88.6 Å². The minimum atomic E-state index is -0.415. The van der Waals surface area contributed by atoms with E-state index in [1.54, 1.807) is 19.1 Å². The highest BCUT2D eigenvalue weighted by atomic mass is 16.5. The fourth-order valence-corrected chi connectivity index (χ4v) is 1.92. The second kappa shape index (κ2) is 3.55. The van der Waals surface area contributed by atoms with Crippen LogP contribution in [0.1, 0.15) is 11.6 Å². The van der Waals surface area contributed by atoms with Crippen molar-refractivity contribution >= 4 is 5.91 Å². The van der Waals surface area contributed by atoms with E-state index in [0.29, 0.717) is 0 Å². The van der Waals surface area contributed by atoms with Gasteiger partial charge in [-0.25, -0.2) is 0 Å². The summed E-state index contributed by atoms with van der Waals surface area (Å²) in [5.41, 5.74) is 6.77. The van der Waals surface area contributed by atoms with Gasteiger partial charge in [-0.15, -0.1) is 0 Å². The quantitative estimate of drug-likeness (QED) is 0.718. The summed E-state index contributed by atoms with van der Waals surface area (Å²) in [6.07, 6.45) is 0. The standard InChI is InChI=1S/C11H14N2O2/c1-13-10(9(12)11(13)14)7-4-3-5-8(6-7)15-2/h3-6,9-10H,12H2,1-2H3. The lowest BCUT2D eigenvalue weighted by Crippen LogP contribution is -2.61. The number of nitrogens with zero attached hydrogens (tertiary/aromatic N) is 1. The molecule has 2 rings (SSSR count). The van der Waals surface area contributed by atoms with Gasteiger partial charge in [0.1, 0.15) is 11.8 Å². The molecule has 0 spiro atoms. The number of benzene rings is 1. The van der Waals surface area contributed by atoms with Crippen LogP contribution in [0.3, 0.4) is 0 Å². The van der Waals surface area contributed by atoms with E-state index in [9.17, 15) is 4.79 Å². The van der Waals surface area contributed by atoms with Gasteiger partial charge < -0.3 is 15.4 Å². The summed E-state index contributed by atoms with van der Waals surface area (Å²) in [4.78, 5) is 12.9. The first-order valence-corrected chi connectivity index (χ1v) is 4.81. The molecule has 0 radical (unpaired) electrons. The van der Waals surface area contributed by atoms with Crippen LogP contribution in [0.15, 0.2) is 24.3 Å². The van der Waals surface area contributed by atoms with Crippen molar-refractivity contribution in [2.24, 2.45) is 5.73 Å². The maximum atomic E-state index is 11.3. The van der Waals surface area contributed by atoms with Crippen molar-refractivity contribution in [3.8, 4) is 5.75 Å². The lowest BCUT2D eigenvalue weighted by atomic mass is 9.90. The molecule has 0 aliphatic carbocycles. The number of likely N-dealkylation sites (N-methyl/N-ethyl adjacent to an activating group) is 1. The number of rotatable bonds is 2. The van der Waals surface area contributed by atoms with E-state index in [4.69, 9.17) is 10.5 Å². The molecular weight excluding hydrogens is 192 g/mol. The van der Waals surface area contributed by atoms with Crippen molar-refractivity contribution < 1.29 is 9.53 Å². The Morgan fingerprint density at radius 1 is 1.47 bits per heavy atom. The normalized spacial score (nSPS) is 25.0. The zero-order chi connectivity index (χ0) is 11.0. The van der Waals surface area contributed by atoms with E-state index in [0.717, 1.165) is 11.3 Å². The molecule has 4 heteroatoms. The Balaban J connectivity index is 2.26. The van der Waals surface area contributed by atoms with Gasteiger partial charge in [0.25, 0.3) is 0 Å². The highest BCUT2D eigenvalue weighted by Crippen LogP contribution is 2.33. The number of nitrogens with two attached hydrogens (primary N) is 1. The van der Waals surface area contributed by atoms with Gasteiger partial charge in [-0.05, 0) is 17.7 Å². The van der Waals surface area contributed by atoms with Crippen LogP contribution in [-0.4, -0.2) is 31.0 Å². The molecule has 0 saturated carbocycles. The molecule has 1 amide bonds. The molecule has 15 heavy (non-hydrogen) atoms. The molecule has 4 nitrogen and oxygen atoms in total. The van der Waals surface area contributed by atoms with Gasteiger partial charge in [0.2, 0.25) is 5.91 Å². The van der Waals surface area contributed by atoms with Crippen LogP contribution in [0.5, 0.6) is 5.75 Å². The zero-order valence-electron chi connectivity index (χ0n) is 8.81. The topological polar surface area (TPSA) is 55.6 Å². The number of likely N-dealkylation sites (tertiary alicyclic amines) is 1. The molecule has 1 heterocycles. The average Bonchev–Trinajstić information content (AvgIpc) is 2.29. The lowest BCUT2D eigenvalue weighted by Gasteiger charge is -2.43. The summed E-state index contributed by atoms with van der Waals surface area (Å²) < 4.78 is 5.13. The predicted octanol–water partition coefficient (Wildman–Crippen LogP) is 0.536. The fourth-order valence-electron chi connectivity index (χ4n) is 1.92. The average molecular weight is 206 g/mol. The Morgan fingerprint density at radius 2 is 2.20 bits per heavy atom. The van der Waals surface area contributed by atoms with Crippen LogP contribution in [0, 0.1) is 0 Å². The zero-order valence-corrected chi connectivity index (χ0v) is 8.81. The number of β-lactam (4-membered cyclic amide) rings is 1. The number of amides is 1. The Morgan fingerprint density at radius 3 is 2.80 bits per heavy atom. The summed E-state index contributed by atoms with van der Waals surface area (Å²) >= 11 is 0. The van der Waals surface area contributed by atoms with E-state index in [2.05, 4.69) is 0 Å². The smallest absolute Gasteiger partial charge is 0.242 e. The van der Waals surface area contributed by atoms with Gasteiger partial charge in [0.05, 0.1) is 13.2 Å². The second-order valence-corrected chi connectivity index (χ2v) is 3.70. The third-order valence-electron chi connectivity index (χ3n) is 2.83. The third-order valence-corrected chi connectivity index (χ3v) is 2.83. The van der Waals surface area contributed by atoms with Crippen LogP contribution >= 0.6 is 0 Å². The van der Waals surface area contributed by atoms with E-state index < -0.39 is 6.04 Å². The molecule has 2 unspecified atom stereocenters. The summed E-state index contributed by atoms with van der Waals surface area (Å²) in [6.45, 7) is 0. The van der Waals surface area contributed by atoms with Crippen LogP contribution in [0.2, 0.25) is 0 Å². The van der Waals surface area contributed by atoms with Crippen molar-refractivity contribution in [3.63, 3.8) is 0 Å². The van der Waals surface area contributed by atoms with Crippen molar-refractivity contribution in [1.82, 2.24) is 4.90 Å². The number of hydrogen-bond donors (Lipinski definition) is 1. The van der Waals surface area contributed by atoms with Crippen molar-refractivity contribution in [2.45, 2.75) is 12.1 Å². The van der Waals surface area contributed by atoms with Gasteiger partial charge in [-0.3, -0.25) is 4.79 Å². The molecule has 1 aliphatic rings. The van der Waals surface area contributed by atoms with Crippen molar-refractivity contribution in [1.29, 1.82) is 0 Å². The minimum Gasteiger partial charge on any atom is -0.497 e. The molecular formula is C11H14N2O2. The molecule has 1 aliphatic heterocycles. The maximum Gasteiger partial charge on any atom is 0.242 e. The minimum absolute atomic E-state index is 0.0113. The van der Waals surface area contributed by atoms with Crippen molar-refractivity contribution in [2.75, 3.05) is 14.2 Å². The number of carbonyl (C=O) groups excluding carboxylic acids is 1. The maximum absolute atomic E-state index is 11.3. The summed E-state index contributed by atoms with van der Waals surface area (Å²) in [5.74, 6) is 0.773. The van der Waals surface area contributed by atoms with E-state index in [1.165, 1.54) is 0 Å². The Bertz CT molecular complexity index is 380. The highest BCUT2D eigenvalue weighted by molar-refractivity contribution is 5.89. The first-order valence-electron chi connectivity index (χ1n) is 4.81. The van der Waals surface area contributed by atoms with Gasteiger partial charge in [0, 0.05) is 7.05 Å². The molecule has 2 N–H and O–H groups in total. The van der Waals surface area contributed by atoms with Gasteiger partial charge in [-0.1, -0.05) is 12.1 Å². The predicted molar refractivity (Wildman–Crippen MR) is 56.5 cm³/mol. The van der Waals surface area contributed by atoms with Crippen LogP contribution in [0.4, 0.5) is 0 Å². The Hall–Kier alpha value is -1.55. The molecule has 80 valence electrons. The van der Waals surface area contributed by atoms with Crippen LogP contribution in [-0.2, 0) is 4.79 Å². The lowest BCUT2D eigenvalue weighted by molar-refractivity contribution is -0.147. The molecule has 2 atom stereocenters. The summed E-state index contributed by atoms with van der Waals surface area (Å²) in [7, 11) is 3.38. The summed E-state index contributed by atoms with van der Waals surface area (Å²) in [6, 6.07) is 7.20. The fraction of sp³-hybridized carbons (Fsp3) is 0.364. The first kappa shape index (κ1) is 9.98. The molecule has 0 bridgehead atoms. The summed E-state index contributed by atoms with van der Waals surface area (Å²) in [5, 5.41) is 0. The van der Waals surface area contributed by atoms with E-state index >= 15 is 0 Å². The van der Waals surface area contributed by atoms with Crippen LogP contribution in [0.25, 0.3) is 0 Å². The SMILES string of the molecule is COc1cccc(C2C(N)C(=O)N2C)c1. The number of ether oxygens (including phenoxy) is 1. The highest BCUT2D eigenvalue weighted by Gasteiger charge is 2.43. The number of hydrogen-bond acceptors (Lipinski definition) is 3. The molecule has 0 aromatic heterocycles. The largest absolute Gasteiger partial charge is 0.497 e. The van der Waals surface area contributed by atoms with Crippen molar-refractivity contribution in [3.05, 3.63) is 29.8 Å². The van der Waals surface area contributed by atoms with Gasteiger partial charge in [0.15, 0.2) is 0 Å². The molecule has 1 saturated heterocycles. The second-order valence-electron chi connectivity index (χ2n) is 3.70. The number of carbonyl (C=O) groups is 1. The molecule has 1 fully saturated rings. The third kappa shape index (κ3) is 1.47. The number of methoxy groups -OCH3 is 1. The Kier molecular flexibility index (Phi) is 2.36. The van der Waals surface area contributed by atoms with E-state index in [1.807, 2.05) is 24.3 Å². The first-order chi connectivity index (χ1) is 7.15. The van der Waals surface area contributed by atoms with Gasteiger partial charge in [-0.2, -0.15) is 0 Å².